The van der Waals surface area contributed by atoms with Crippen molar-refractivity contribution in [3.05, 3.63) is 41.5 Å². The summed E-state index contributed by atoms with van der Waals surface area (Å²) in [6.45, 7) is 2.83. The van der Waals surface area contributed by atoms with Crippen LogP contribution in [0.25, 0.3) is 0 Å². The van der Waals surface area contributed by atoms with Gasteiger partial charge in [-0.25, -0.2) is 5.43 Å². The number of hydrogen-bond donors (Lipinski definition) is 1. The van der Waals surface area contributed by atoms with Gasteiger partial charge in [-0.1, -0.05) is 0 Å². The van der Waals surface area contributed by atoms with Crippen molar-refractivity contribution in [3.8, 4) is 28.7 Å². The lowest BCUT2D eigenvalue weighted by molar-refractivity contribution is 0.0954. The second kappa shape index (κ2) is 8.51. The third-order valence-corrected chi connectivity index (χ3v) is 4.21. The quantitative estimate of drug-likeness (QED) is 0.607. The highest BCUT2D eigenvalue weighted by Crippen LogP contribution is 2.38. The first-order chi connectivity index (χ1) is 13.6. The molecule has 8 nitrogen and oxygen atoms in total. The topological polar surface area (TPSA) is 87.6 Å². The molecule has 2 aromatic rings. The lowest BCUT2D eigenvalue weighted by Crippen LogP contribution is -2.20. The van der Waals surface area contributed by atoms with Gasteiger partial charge in [0.15, 0.2) is 23.0 Å². The molecule has 1 heterocycles. The van der Waals surface area contributed by atoms with Gasteiger partial charge in [0, 0.05) is 11.1 Å². The Hall–Kier alpha value is -3.42. The van der Waals surface area contributed by atoms with Crippen LogP contribution in [-0.4, -0.2) is 46.2 Å². The Bertz CT molecular complexity index is 885. The lowest BCUT2D eigenvalue weighted by Gasteiger charge is -2.18. The lowest BCUT2D eigenvalue weighted by atomic mass is 10.1. The summed E-state index contributed by atoms with van der Waals surface area (Å²) in [5.41, 5.74) is 4.31. The number of nitrogens with one attached hydrogen (secondary N) is 1. The first kappa shape index (κ1) is 19.3. The van der Waals surface area contributed by atoms with Gasteiger partial charge < -0.3 is 23.7 Å². The van der Waals surface area contributed by atoms with Crippen molar-refractivity contribution in [2.24, 2.45) is 5.10 Å². The summed E-state index contributed by atoms with van der Waals surface area (Å²) < 4.78 is 26.9. The van der Waals surface area contributed by atoms with Crippen molar-refractivity contribution < 1.29 is 28.5 Å². The minimum absolute atomic E-state index is 0.327. The Labute approximate surface area is 163 Å². The zero-order valence-electron chi connectivity index (χ0n) is 16.2. The second-order valence-electron chi connectivity index (χ2n) is 5.91. The van der Waals surface area contributed by atoms with E-state index in [2.05, 4.69) is 10.5 Å². The van der Waals surface area contributed by atoms with Gasteiger partial charge in [0.25, 0.3) is 5.91 Å². The Balaban J connectivity index is 1.79. The highest BCUT2D eigenvalue weighted by Gasteiger charge is 2.17. The van der Waals surface area contributed by atoms with Gasteiger partial charge in [0.1, 0.15) is 13.2 Å². The number of benzene rings is 2. The minimum atomic E-state index is -0.406. The van der Waals surface area contributed by atoms with Gasteiger partial charge in [-0.15, -0.1) is 0 Å². The molecule has 28 heavy (non-hydrogen) atoms. The van der Waals surface area contributed by atoms with Crippen molar-refractivity contribution in [3.63, 3.8) is 0 Å². The van der Waals surface area contributed by atoms with E-state index >= 15 is 0 Å². The average Bonchev–Trinajstić information content (AvgIpc) is 2.75. The fourth-order valence-corrected chi connectivity index (χ4v) is 2.74. The molecule has 3 rings (SSSR count). The van der Waals surface area contributed by atoms with E-state index in [1.807, 2.05) is 18.2 Å². The van der Waals surface area contributed by atoms with Crippen LogP contribution in [0.1, 0.15) is 22.8 Å². The van der Waals surface area contributed by atoms with Crippen molar-refractivity contribution in [1.82, 2.24) is 5.43 Å². The molecule has 0 aromatic heterocycles. The summed E-state index contributed by atoms with van der Waals surface area (Å²) in [6, 6.07) is 8.64. The number of fused-ring (bicyclic) bond motifs is 1. The molecule has 0 fully saturated rings. The molecule has 0 bridgehead atoms. The van der Waals surface area contributed by atoms with Gasteiger partial charge >= 0.3 is 0 Å². The maximum absolute atomic E-state index is 12.5. The van der Waals surface area contributed by atoms with Gasteiger partial charge in [-0.2, -0.15) is 5.10 Å². The summed E-state index contributed by atoms with van der Waals surface area (Å²) >= 11 is 0. The van der Waals surface area contributed by atoms with Crippen LogP contribution >= 0.6 is 0 Å². The van der Waals surface area contributed by atoms with E-state index in [0.29, 0.717) is 53.2 Å². The molecule has 0 saturated carbocycles. The number of ether oxygens (including phenoxy) is 5. The van der Waals surface area contributed by atoms with Crippen LogP contribution < -0.4 is 29.1 Å². The molecular formula is C20H22N2O6. The van der Waals surface area contributed by atoms with Gasteiger partial charge in [0.2, 0.25) is 5.75 Å². The molecule has 0 aliphatic carbocycles. The van der Waals surface area contributed by atoms with E-state index < -0.39 is 5.91 Å². The highest BCUT2D eigenvalue weighted by atomic mass is 16.6. The van der Waals surface area contributed by atoms with E-state index in [0.717, 1.165) is 5.56 Å². The van der Waals surface area contributed by atoms with Gasteiger partial charge in [-0.3, -0.25) is 4.79 Å². The van der Waals surface area contributed by atoms with Crippen LogP contribution in [0.15, 0.2) is 35.4 Å². The van der Waals surface area contributed by atoms with E-state index in [1.165, 1.54) is 21.3 Å². The van der Waals surface area contributed by atoms with E-state index in [4.69, 9.17) is 23.7 Å². The molecular weight excluding hydrogens is 364 g/mol. The standard InChI is InChI=1S/C20H22N2O6/c1-12(13-5-6-15-16(9-13)28-8-7-27-15)21-22-20(23)14-10-17(24-2)19(26-4)18(11-14)25-3/h5-6,9-11H,7-8H2,1-4H3,(H,22,23). The number of nitrogens with zero attached hydrogens (tertiary/aromatic N) is 1. The molecule has 1 aliphatic heterocycles. The third-order valence-electron chi connectivity index (χ3n) is 4.21. The maximum atomic E-state index is 12.5. The molecule has 0 saturated heterocycles. The number of hydrogen-bond acceptors (Lipinski definition) is 7. The van der Waals surface area contributed by atoms with Gasteiger partial charge in [-0.05, 0) is 37.3 Å². The second-order valence-corrected chi connectivity index (χ2v) is 5.91. The summed E-state index contributed by atoms with van der Waals surface area (Å²) in [5, 5.41) is 4.18. The summed E-state index contributed by atoms with van der Waals surface area (Å²) in [7, 11) is 4.48. The predicted octanol–water partition coefficient (Wildman–Crippen LogP) is 2.64. The van der Waals surface area contributed by atoms with Crippen LogP contribution in [0.2, 0.25) is 0 Å². The molecule has 1 amide bonds. The maximum Gasteiger partial charge on any atom is 0.271 e. The van der Waals surface area contributed by atoms with Crippen LogP contribution in [-0.2, 0) is 0 Å². The number of amides is 1. The first-order valence-corrected chi connectivity index (χ1v) is 8.62. The van der Waals surface area contributed by atoms with Crippen LogP contribution in [0.5, 0.6) is 28.7 Å². The zero-order chi connectivity index (χ0) is 20.1. The molecule has 0 spiro atoms. The largest absolute Gasteiger partial charge is 0.493 e. The summed E-state index contributed by atoms with van der Waals surface area (Å²) in [6.07, 6.45) is 0. The zero-order valence-corrected chi connectivity index (χ0v) is 16.2. The Morgan fingerprint density at radius 2 is 1.57 bits per heavy atom. The Morgan fingerprint density at radius 1 is 0.929 bits per heavy atom. The first-order valence-electron chi connectivity index (χ1n) is 8.62. The van der Waals surface area contributed by atoms with Crippen LogP contribution in [0, 0.1) is 0 Å². The summed E-state index contributed by atoms with van der Waals surface area (Å²) in [4.78, 5) is 12.5. The number of methoxy groups -OCH3 is 3. The Morgan fingerprint density at radius 3 is 2.18 bits per heavy atom. The molecule has 2 aromatic carbocycles. The number of rotatable bonds is 6. The summed E-state index contributed by atoms with van der Waals surface area (Å²) in [5.74, 6) is 2.14. The van der Waals surface area contributed by atoms with E-state index in [1.54, 1.807) is 19.1 Å². The third kappa shape index (κ3) is 3.95. The fraction of sp³-hybridized carbons (Fsp3) is 0.300. The smallest absolute Gasteiger partial charge is 0.271 e. The van der Waals surface area contributed by atoms with Crippen molar-refractivity contribution in [2.45, 2.75) is 6.92 Å². The molecule has 0 unspecified atom stereocenters. The van der Waals surface area contributed by atoms with E-state index in [9.17, 15) is 4.79 Å². The molecule has 1 aliphatic rings. The molecule has 148 valence electrons. The minimum Gasteiger partial charge on any atom is -0.493 e. The average molecular weight is 386 g/mol. The number of hydrazone groups is 1. The highest BCUT2D eigenvalue weighted by molar-refractivity contribution is 6.01. The Kier molecular flexibility index (Phi) is 5.88. The van der Waals surface area contributed by atoms with Gasteiger partial charge in [0.05, 0.1) is 27.0 Å². The van der Waals surface area contributed by atoms with Crippen LogP contribution in [0.3, 0.4) is 0 Å². The number of carbonyl (C=O) groups excluding carboxylic acids is 1. The molecule has 8 heteroatoms. The SMILES string of the molecule is COc1cc(C(=O)NN=C(C)c2ccc3c(c2)OCCO3)cc(OC)c1OC. The van der Waals surface area contributed by atoms with Crippen LogP contribution in [0.4, 0.5) is 0 Å². The monoisotopic (exact) mass is 386 g/mol. The van der Waals surface area contributed by atoms with Crippen molar-refractivity contribution in [1.29, 1.82) is 0 Å². The van der Waals surface area contributed by atoms with E-state index in [-0.39, 0.29) is 0 Å². The predicted molar refractivity (Wildman–Crippen MR) is 103 cm³/mol. The fourth-order valence-electron chi connectivity index (χ4n) is 2.74. The van der Waals surface area contributed by atoms with Crippen molar-refractivity contribution in [2.75, 3.05) is 34.5 Å². The molecule has 0 atom stereocenters. The normalized spacial score (nSPS) is 12.9. The molecule has 1 N–H and O–H groups in total. The number of carbonyl (C=O) groups is 1. The van der Waals surface area contributed by atoms with Crippen molar-refractivity contribution >= 4 is 11.6 Å². The molecule has 0 radical (unpaired) electrons.